The van der Waals surface area contributed by atoms with Crippen molar-refractivity contribution < 1.29 is 14.3 Å². The summed E-state index contributed by atoms with van der Waals surface area (Å²) in [7, 11) is 0. The summed E-state index contributed by atoms with van der Waals surface area (Å²) in [5, 5.41) is 6.41. The largest absolute Gasteiger partial charge is 0.484 e. The van der Waals surface area contributed by atoms with Crippen LogP contribution in [0.3, 0.4) is 0 Å². The van der Waals surface area contributed by atoms with E-state index in [1.54, 1.807) is 18.2 Å². The fraction of sp³-hybridized carbons (Fsp3) is 0.529. The van der Waals surface area contributed by atoms with Gasteiger partial charge in [-0.15, -0.1) is 12.4 Å². The van der Waals surface area contributed by atoms with E-state index in [2.05, 4.69) is 10.6 Å². The van der Waals surface area contributed by atoms with Crippen molar-refractivity contribution in [2.24, 2.45) is 17.1 Å². The topological polar surface area (TPSA) is 93.5 Å². The lowest BCUT2D eigenvalue weighted by Crippen LogP contribution is -2.44. The second kappa shape index (κ2) is 7.85. The van der Waals surface area contributed by atoms with Crippen LogP contribution in [0.2, 0.25) is 0 Å². The van der Waals surface area contributed by atoms with Gasteiger partial charge in [-0.25, -0.2) is 0 Å². The van der Waals surface area contributed by atoms with Crippen LogP contribution < -0.4 is 21.1 Å². The Labute approximate surface area is 147 Å². The second-order valence-corrected chi connectivity index (χ2v) is 6.47. The third kappa shape index (κ3) is 3.82. The molecule has 1 heterocycles. The van der Waals surface area contributed by atoms with Crippen LogP contribution >= 0.6 is 12.4 Å². The van der Waals surface area contributed by atoms with Gasteiger partial charge in [0, 0.05) is 18.3 Å². The van der Waals surface area contributed by atoms with Gasteiger partial charge in [0.2, 0.25) is 5.91 Å². The zero-order valence-corrected chi connectivity index (χ0v) is 14.4. The number of nitrogens with one attached hydrogen (secondary N) is 2. The molecular weight excluding hydrogens is 330 g/mol. The minimum Gasteiger partial charge on any atom is -0.484 e. The summed E-state index contributed by atoms with van der Waals surface area (Å²) in [6.45, 7) is 1.50. The maximum Gasteiger partial charge on any atom is 0.255 e. The highest BCUT2D eigenvalue weighted by molar-refractivity contribution is 5.96. The molecule has 1 aromatic carbocycles. The van der Waals surface area contributed by atoms with Crippen molar-refractivity contribution in [1.82, 2.24) is 5.32 Å². The van der Waals surface area contributed by atoms with E-state index in [1.807, 2.05) is 6.07 Å². The SMILES string of the molecule is Cl.NC(=O)COc1cccc(NC(=O)[C@@]23CCCC[C@H]2CNC3)c1. The number of anilines is 1. The maximum absolute atomic E-state index is 12.9. The highest BCUT2D eigenvalue weighted by Crippen LogP contribution is 2.44. The van der Waals surface area contributed by atoms with Crippen LogP contribution in [0.1, 0.15) is 25.7 Å². The number of amides is 2. The summed E-state index contributed by atoms with van der Waals surface area (Å²) in [6, 6.07) is 7.07. The van der Waals surface area contributed by atoms with E-state index < -0.39 is 5.91 Å². The van der Waals surface area contributed by atoms with Gasteiger partial charge in [-0.1, -0.05) is 18.9 Å². The first-order valence-corrected chi connectivity index (χ1v) is 8.13. The van der Waals surface area contributed by atoms with Crippen molar-refractivity contribution in [3.05, 3.63) is 24.3 Å². The number of ether oxygens (including phenoxy) is 1. The van der Waals surface area contributed by atoms with Gasteiger partial charge in [-0.3, -0.25) is 9.59 Å². The molecule has 2 fully saturated rings. The summed E-state index contributed by atoms with van der Waals surface area (Å²) in [6.07, 6.45) is 4.36. The van der Waals surface area contributed by atoms with Crippen molar-refractivity contribution in [2.75, 3.05) is 25.0 Å². The Hall–Kier alpha value is -1.79. The minimum atomic E-state index is -0.527. The van der Waals surface area contributed by atoms with E-state index in [-0.39, 0.29) is 30.3 Å². The third-order valence-electron chi connectivity index (χ3n) is 4.96. The number of hydrogen-bond acceptors (Lipinski definition) is 4. The Balaban J connectivity index is 0.00000208. The number of hydrogen-bond donors (Lipinski definition) is 3. The zero-order chi connectivity index (χ0) is 16.3. The zero-order valence-electron chi connectivity index (χ0n) is 13.5. The van der Waals surface area contributed by atoms with Gasteiger partial charge in [0.1, 0.15) is 5.75 Å². The van der Waals surface area contributed by atoms with E-state index in [0.29, 0.717) is 17.4 Å². The summed E-state index contributed by atoms with van der Waals surface area (Å²) in [4.78, 5) is 23.7. The molecule has 0 aromatic heterocycles. The summed E-state index contributed by atoms with van der Waals surface area (Å²) >= 11 is 0. The third-order valence-corrected chi connectivity index (χ3v) is 4.96. The standard InChI is InChI=1S/C17H23N3O3.ClH/c18-15(21)10-23-14-6-3-5-13(8-14)20-16(22)17-7-2-1-4-12(17)9-19-11-17;/h3,5-6,8,12,19H,1-2,4,7,9-11H2,(H2,18,21)(H,20,22);1H/t12-,17+;/m0./s1. The number of fused-ring (bicyclic) bond motifs is 1. The molecule has 1 saturated carbocycles. The molecule has 2 aliphatic rings. The Kier molecular flexibility index (Phi) is 6.07. The first kappa shape index (κ1) is 18.5. The normalized spacial score (nSPS) is 25.2. The smallest absolute Gasteiger partial charge is 0.255 e. The van der Waals surface area contributed by atoms with Crippen molar-refractivity contribution in [3.63, 3.8) is 0 Å². The second-order valence-electron chi connectivity index (χ2n) is 6.47. The molecule has 1 saturated heterocycles. The molecule has 1 aliphatic heterocycles. The maximum atomic E-state index is 12.9. The molecule has 24 heavy (non-hydrogen) atoms. The number of carbonyl (C=O) groups is 2. The Morgan fingerprint density at radius 2 is 2.21 bits per heavy atom. The Bertz CT molecular complexity index is 610. The van der Waals surface area contributed by atoms with Crippen LogP contribution in [0, 0.1) is 11.3 Å². The fourth-order valence-corrected chi connectivity index (χ4v) is 3.76. The van der Waals surface area contributed by atoms with Crippen molar-refractivity contribution in [1.29, 1.82) is 0 Å². The van der Waals surface area contributed by atoms with E-state index in [9.17, 15) is 9.59 Å². The number of benzene rings is 1. The van der Waals surface area contributed by atoms with Gasteiger partial charge in [0.05, 0.1) is 5.41 Å². The molecule has 132 valence electrons. The van der Waals surface area contributed by atoms with E-state index in [0.717, 1.165) is 32.4 Å². The quantitative estimate of drug-likeness (QED) is 0.751. The lowest BCUT2D eigenvalue weighted by Gasteiger charge is -2.37. The predicted octanol–water partition coefficient (Wildman–Crippen LogP) is 1.69. The number of carbonyl (C=O) groups excluding carboxylic acids is 2. The molecule has 2 atom stereocenters. The molecule has 0 radical (unpaired) electrons. The molecule has 1 aromatic rings. The lowest BCUT2D eigenvalue weighted by atomic mass is 9.67. The Morgan fingerprint density at radius 3 is 3.00 bits per heavy atom. The van der Waals surface area contributed by atoms with Crippen molar-refractivity contribution in [2.45, 2.75) is 25.7 Å². The monoisotopic (exact) mass is 353 g/mol. The average molecular weight is 354 g/mol. The summed E-state index contributed by atoms with van der Waals surface area (Å²) in [5.41, 5.74) is 5.47. The molecule has 0 bridgehead atoms. The van der Waals surface area contributed by atoms with Gasteiger partial charge >= 0.3 is 0 Å². The van der Waals surface area contributed by atoms with E-state index >= 15 is 0 Å². The first-order chi connectivity index (χ1) is 11.1. The van der Waals surface area contributed by atoms with Crippen LogP contribution in [0.5, 0.6) is 5.75 Å². The molecular formula is C17H24ClN3O3. The number of rotatable bonds is 5. The fourth-order valence-electron chi connectivity index (χ4n) is 3.76. The van der Waals surface area contributed by atoms with Crippen molar-refractivity contribution in [3.8, 4) is 5.75 Å². The Morgan fingerprint density at radius 1 is 1.38 bits per heavy atom. The molecule has 0 spiro atoms. The minimum absolute atomic E-state index is 0. The highest BCUT2D eigenvalue weighted by Gasteiger charge is 2.49. The molecule has 6 nitrogen and oxygen atoms in total. The molecule has 3 rings (SSSR count). The molecule has 1 aliphatic carbocycles. The van der Waals surface area contributed by atoms with Crippen LogP contribution in [0.15, 0.2) is 24.3 Å². The molecule has 4 N–H and O–H groups in total. The van der Waals surface area contributed by atoms with Gasteiger partial charge in [0.15, 0.2) is 6.61 Å². The van der Waals surface area contributed by atoms with Gasteiger partial charge in [-0.2, -0.15) is 0 Å². The number of halogens is 1. The van der Waals surface area contributed by atoms with Gasteiger partial charge in [-0.05, 0) is 37.4 Å². The molecule has 7 heteroatoms. The van der Waals surface area contributed by atoms with E-state index in [1.165, 1.54) is 6.42 Å². The average Bonchev–Trinajstić information content (AvgIpc) is 2.98. The summed E-state index contributed by atoms with van der Waals surface area (Å²) in [5.74, 6) is 0.494. The highest BCUT2D eigenvalue weighted by atomic mass is 35.5. The van der Waals surface area contributed by atoms with Crippen LogP contribution in [-0.2, 0) is 9.59 Å². The number of primary amides is 1. The molecule has 2 amide bonds. The summed E-state index contributed by atoms with van der Waals surface area (Å²) < 4.78 is 5.28. The van der Waals surface area contributed by atoms with Crippen molar-refractivity contribution >= 4 is 29.9 Å². The van der Waals surface area contributed by atoms with Gasteiger partial charge < -0.3 is 21.1 Å². The van der Waals surface area contributed by atoms with Crippen LogP contribution in [0.25, 0.3) is 0 Å². The van der Waals surface area contributed by atoms with Crippen LogP contribution in [-0.4, -0.2) is 31.5 Å². The predicted molar refractivity (Wildman–Crippen MR) is 94.3 cm³/mol. The molecule has 0 unspecified atom stereocenters. The first-order valence-electron chi connectivity index (χ1n) is 8.13. The van der Waals surface area contributed by atoms with Crippen LogP contribution in [0.4, 0.5) is 5.69 Å². The lowest BCUT2D eigenvalue weighted by molar-refractivity contribution is -0.128. The van der Waals surface area contributed by atoms with E-state index in [4.69, 9.17) is 10.5 Å². The number of nitrogens with two attached hydrogens (primary N) is 1. The van der Waals surface area contributed by atoms with Gasteiger partial charge in [0.25, 0.3) is 5.91 Å².